The number of anilines is 1. The van der Waals surface area contributed by atoms with Crippen molar-refractivity contribution in [1.82, 2.24) is 15.1 Å². The summed E-state index contributed by atoms with van der Waals surface area (Å²) in [6.45, 7) is 2.35. The van der Waals surface area contributed by atoms with Gasteiger partial charge in [-0.15, -0.1) is 0 Å². The third-order valence-electron chi connectivity index (χ3n) is 5.42. The number of carbonyl (C=O) groups is 3. The van der Waals surface area contributed by atoms with Gasteiger partial charge in [-0.1, -0.05) is 31.0 Å². The molecule has 3 rings (SSSR count). The van der Waals surface area contributed by atoms with Crippen LogP contribution in [0, 0.1) is 0 Å². The van der Waals surface area contributed by atoms with Crippen molar-refractivity contribution in [1.29, 1.82) is 0 Å². The molecule has 0 saturated carbocycles. The van der Waals surface area contributed by atoms with Crippen molar-refractivity contribution < 1.29 is 14.4 Å². The van der Waals surface area contributed by atoms with Gasteiger partial charge >= 0.3 is 6.03 Å². The number of likely N-dealkylation sites (tertiary alicyclic amines) is 1. The summed E-state index contributed by atoms with van der Waals surface area (Å²) in [4.78, 5) is 41.3. The molecular formula is C21H30N4O3. The van der Waals surface area contributed by atoms with Crippen molar-refractivity contribution in [2.75, 3.05) is 31.5 Å². The summed E-state index contributed by atoms with van der Waals surface area (Å²) in [5, 5.41) is 5.79. The zero-order valence-corrected chi connectivity index (χ0v) is 16.4. The van der Waals surface area contributed by atoms with Crippen LogP contribution in [0.1, 0.15) is 44.9 Å². The van der Waals surface area contributed by atoms with Gasteiger partial charge in [0.1, 0.15) is 6.04 Å². The molecule has 2 aliphatic heterocycles. The van der Waals surface area contributed by atoms with Crippen molar-refractivity contribution in [3.8, 4) is 0 Å². The normalized spacial score (nSPS) is 21.6. The van der Waals surface area contributed by atoms with Gasteiger partial charge in [0.05, 0.1) is 0 Å². The number of carbonyl (C=O) groups excluding carboxylic acids is 3. The van der Waals surface area contributed by atoms with E-state index in [1.807, 2.05) is 30.3 Å². The molecule has 7 nitrogen and oxygen atoms in total. The number of benzene rings is 1. The van der Waals surface area contributed by atoms with Gasteiger partial charge < -0.3 is 20.4 Å². The molecular weight excluding hydrogens is 356 g/mol. The van der Waals surface area contributed by atoms with E-state index in [9.17, 15) is 14.4 Å². The van der Waals surface area contributed by atoms with Gasteiger partial charge in [0.25, 0.3) is 0 Å². The fourth-order valence-electron chi connectivity index (χ4n) is 3.86. The third-order valence-corrected chi connectivity index (χ3v) is 5.42. The first-order valence-electron chi connectivity index (χ1n) is 10.3. The van der Waals surface area contributed by atoms with Crippen LogP contribution in [0.15, 0.2) is 30.3 Å². The number of hydrogen-bond donors (Lipinski definition) is 2. The van der Waals surface area contributed by atoms with Crippen molar-refractivity contribution in [2.24, 2.45) is 0 Å². The number of hydrogen-bond acceptors (Lipinski definition) is 3. The van der Waals surface area contributed by atoms with Gasteiger partial charge in [-0.25, -0.2) is 4.79 Å². The first-order valence-corrected chi connectivity index (χ1v) is 10.3. The second-order valence-electron chi connectivity index (χ2n) is 7.49. The number of amides is 4. The van der Waals surface area contributed by atoms with E-state index < -0.39 is 6.04 Å². The average Bonchev–Trinajstić information content (AvgIpc) is 3.18. The highest BCUT2D eigenvalue weighted by Crippen LogP contribution is 2.21. The molecule has 0 aliphatic carbocycles. The molecule has 1 atom stereocenters. The minimum Gasteiger partial charge on any atom is -0.356 e. The highest BCUT2D eigenvalue weighted by Gasteiger charge is 2.36. The maximum Gasteiger partial charge on any atom is 0.322 e. The van der Waals surface area contributed by atoms with E-state index in [0.717, 1.165) is 37.8 Å². The topological polar surface area (TPSA) is 81.8 Å². The standard InChI is InChI=1S/C21H30N4O3/c26-19-12-16-24(14-7-2-1-6-13-22-19)20(27)18-11-8-15-25(18)21(28)23-17-9-4-3-5-10-17/h3-5,9-10,18H,1-2,6-8,11-16H2,(H,22,26)(H,23,28)/t18-/m0/s1. The molecule has 1 aromatic rings. The zero-order chi connectivity index (χ0) is 19.8. The Morgan fingerprint density at radius 3 is 2.57 bits per heavy atom. The van der Waals surface area contributed by atoms with Crippen molar-refractivity contribution in [3.05, 3.63) is 30.3 Å². The van der Waals surface area contributed by atoms with Crippen molar-refractivity contribution in [3.63, 3.8) is 0 Å². The highest BCUT2D eigenvalue weighted by atomic mass is 16.2. The van der Waals surface area contributed by atoms with Crippen LogP contribution in [0.3, 0.4) is 0 Å². The summed E-state index contributed by atoms with van der Waals surface area (Å²) < 4.78 is 0. The van der Waals surface area contributed by atoms with Gasteiger partial charge in [0.2, 0.25) is 11.8 Å². The van der Waals surface area contributed by atoms with Crippen LogP contribution in [0.25, 0.3) is 0 Å². The lowest BCUT2D eigenvalue weighted by molar-refractivity contribution is -0.135. The number of rotatable bonds is 2. The van der Waals surface area contributed by atoms with Crippen LogP contribution < -0.4 is 10.6 Å². The molecule has 152 valence electrons. The molecule has 2 heterocycles. The minimum absolute atomic E-state index is 0.00945. The fourth-order valence-corrected chi connectivity index (χ4v) is 3.86. The Balaban J connectivity index is 1.64. The van der Waals surface area contributed by atoms with E-state index in [1.165, 1.54) is 0 Å². The van der Waals surface area contributed by atoms with Gasteiger partial charge in [-0.05, 0) is 37.8 Å². The number of nitrogens with one attached hydrogen (secondary N) is 2. The van der Waals surface area contributed by atoms with Gasteiger partial charge in [-0.3, -0.25) is 9.59 Å². The first kappa shape index (κ1) is 20.2. The highest BCUT2D eigenvalue weighted by molar-refractivity contribution is 5.94. The molecule has 1 aromatic carbocycles. The van der Waals surface area contributed by atoms with Crippen LogP contribution in [0.2, 0.25) is 0 Å². The van der Waals surface area contributed by atoms with Crippen LogP contribution in [-0.4, -0.2) is 59.9 Å². The van der Waals surface area contributed by atoms with E-state index in [2.05, 4.69) is 10.6 Å². The summed E-state index contributed by atoms with van der Waals surface area (Å²) in [6.07, 6.45) is 5.81. The quantitative estimate of drug-likeness (QED) is 0.820. The second-order valence-corrected chi connectivity index (χ2v) is 7.49. The maximum absolute atomic E-state index is 13.2. The Hall–Kier alpha value is -2.57. The van der Waals surface area contributed by atoms with E-state index in [-0.39, 0.29) is 17.8 Å². The van der Waals surface area contributed by atoms with Crippen LogP contribution in [0.5, 0.6) is 0 Å². The molecule has 2 fully saturated rings. The number of para-hydroxylation sites is 1. The Morgan fingerprint density at radius 1 is 0.964 bits per heavy atom. The summed E-state index contributed by atoms with van der Waals surface area (Å²) in [5.74, 6) is -0.0439. The van der Waals surface area contributed by atoms with Crippen LogP contribution in [-0.2, 0) is 9.59 Å². The number of nitrogens with zero attached hydrogens (tertiary/aromatic N) is 2. The van der Waals surface area contributed by atoms with Gasteiger partial charge in [0.15, 0.2) is 0 Å². The number of urea groups is 1. The summed E-state index contributed by atoms with van der Waals surface area (Å²) in [7, 11) is 0. The molecule has 4 amide bonds. The molecule has 28 heavy (non-hydrogen) atoms. The summed E-state index contributed by atoms with van der Waals surface area (Å²) in [5.41, 5.74) is 0.720. The lowest BCUT2D eigenvalue weighted by atomic mass is 10.1. The van der Waals surface area contributed by atoms with Crippen molar-refractivity contribution in [2.45, 2.75) is 51.0 Å². The van der Waals surface area contributed by atoms with E-state index in [0.29, 0.717) is 39.0 Å². The molecule has 0 radical (unpaired) electrons. The molecule has 0 bridgehead atoms. The van der Waals surface area contributed by atoms with Gasteiger partial charge in [0, 0.05) is 38.3 Å². The molecule has 2 N–H and O–H groups in total. The Morgan fingerprint density at radius 2 is 1.75 bits per heavy atom. The van der Waals surface area contributed by atoms with Gasteiger partial charge in [-0.2, -0.15) is 0 Å². The Labute approximate surface area is 166 Å². The predicted molar refractivity (Wildman–Crippen MR) is 108 cm³/mol. The average molecular weight is 386 g/mol. The third kappa shape index (κ3) is 5.47. The Bertz CT molecular complexity index is 679. The molecule has 2 saturated heterocycles. The summed E-state index contributed by atoms with van der Waals surface area (Å²) >= 11 is 0. The maximum atomic E-state index is 13.2. The van der Waals surface area contributed by atoms with Crippen LogP contribution >= 0.6 is 0 Å². The lowest BCUT2D eigenvalue weighted by Gasteiger charge is -2.30. The van der Waals surface area contributed by atoms with Crippen molar-refractivity contribution >= 4 is 23.5 Å². The van der Waals surface area contributed by atoms with E-state index >= 15 is 0 Å². The smallest absolute Gasteiger partial charge is 0.322 e. The first-order chi connectivity index (χ1) is 13.6. The Kier molecular flexibility index (Phi) is 7.28. The molecule has 2 aliphatic rings. The monoisotopic (exact) mass is 386 g/mol. The predicted octanol–water partition coefficient (Wildman–Crippen LogP) is 2.59. The zero-order valence-electron chi connectivity index (χ0n) is 16.4. The van der Waals surface area contributed by atoms with E-state index in [4.69, 9.17) is 0 Å². The largest absolute Gasteiger partial charge is 0.356 e. The molecule has 0 spiro atoms. The fraction of sp³-hybridized carbons (Fsp3) is 0.571. The lowest BCUT2D eigenvalue weighted by Crippen LogP contribution is -2.49. The SMILES string of the molecule is O=C1CCN(C(=O)[C@@H]2CCCN2C(=O)Nc2ccccc2)CCCCCCN1. The molecule has 7 heteroatoms. The van der Waals surface area contributed by atoms with Crippen LogP contribution in [0.4, 0.5) is 10.5 Å². The minimum atomic E-state index is -0.447. The molecule has 0 unspecified atom stereocenters. The summed E-state index contributed by atoms with van der Waals surface area (Å²) in [6, 6.07) is 8.59. The van der Waals surface area contributed by atoms with E-state index in [1.54, 1.807) is 9.80 Å². The molecule has 0 aromatic heterocycles. The second kappa shape index (κ2) is 10.1.